The normalized spacial score (nSPS) is 18.8. The van der Waals surface area contributed by atoms with Gasteiger partial charge in [0.05, 0.1) is 4.90 Å². The second-order valence-electron chi connectivity index (χ2n) is 5.60. The van der Waals surface area contributed by atoms with Gasteiger partial charge in [0.25, 0.3) is 0 Å². The zero-order valence-electron chi connectivity index (χ0n) is 12.4. The maximum absolute atomic E-state index is 12.4. The summed E-state index contributed by atoms with van der Waals surface area (Å²) in [6.07, 6.45) is 2.25. The van der Waals surface area contributed by atoms with Gasteiger partial charge in [-0.05, 0) is 56.8 Å². The van der Waals surface area contributed by atoms with Gasteiger partial charge < -0.3 is 5.32 Å². The van der Waals surface area contributed by atoms with Crippen molar-refractivity contribution in [1.82, 2.24) is 10.0 Å². The molecule has 2 N–H and O–H groups in total. The van der Waals surface area contributed by atoms with Crippen LogP contribution in [0.15, 0.2) is 29.2 Å². The zero-order chi connectivity index (χ0) is 14.8. The second-order valence-corrected chi connectivity index (χ2v) is 7.31. The molecular formula is C15H24N2O2S. The minimum absolute atomic E-state index is 0.0230. The molecule has 0 bridgehead atoms. The summed E-state index contributed by atoms with van der Waals surface area (Å²) < 4.78 is 27.5. The third kappa shape index (κ3) is 3.81. The number of rotatable bonds is 7. The summed E-state index contributed by atoms with van der Waals surface area (Å²) in [6, 6.07) is 7.35. The van der Waals surface area contributed by atoms with E-state index in [1.54, 1.807) is 18.2 Å². The first-order chi connectivity index (χ1) is 9.44. The molecule has 20 heavy (non-hydrogen) atoms. The van der Waals surface area contributed by atoms with Crippen molar-refractivity contribution >= 4 is 10.0 Å². The van der Waals surface area contributed by atoms with Crippen LogP contribution in [0.25, 0.3) is 0 Å². The van der Waals surface area contributed by atoms with Crippen LogP contribution in [0.2, 0.25) is 0 Å². The summed E-state index contributed by atoms with van der Waals surface area (Å²) in [6.45, 7) is 6.88. The van der Waals surface area contributed by atoms with Crippen LogP contribution in [-0.2, 0) is 10.0 Å². The molecule has 4 nitrogen and oxygen atoms in total. The fraction of sp³-hybridized carbons (Fsp3) is 0.600. The first kappa shape index (κ1) is 15.5. The lowest BCUT2D eigenvalue weighted by molar-refractivity contribution is 0.537. The molecule has 5 heteroatoms. The molecule has 0 spiro atoms. The highest BCUT2D eigenvalue weighted by Crippen LogP contribution is 2.33. The van der Waals surface area contributed by atoms with E-state index in [9.17, 15) is 8.42 Å². The van der Waals surface area contributed by atoms with Gasteiger partial charge in [0.1, 0.15) is 0 Å². The Kier molecular flexibility index (Phi) is 4.83. The van der Waals surface area contributed by atoms with Gasteiger partial charge >= 0.3 is 0 Å². The van der Waals surface area contributed by atoms with Crippen LogP contribution in [0, 0.1) is 5.92 Å². The zero-order valence-corrected chi connectivity index (χ0v) is 13.2. The van der Waals surface area contributed by atoms with Crippen molar-refractivity contribution < 1.29 is 8.42 Å². The van der Waals surface area contributed by atoms with E-state index in [1.807, 2.05) is 26.8 Å². The third-order valence-electron chi connectivity index (χ3n) is 3.85. The smallest absolute Gasteiger partial charge is 0.240 e. The molecule has 1 aliphatic rings. The van der Waals surface area contributed by atoms with Gasteiger partial charge in [-0.3, -0.25) is 0 Å². The van der Waals surface area contributed by atoms with Crippen LogP contribution >= 0.6 is 0 Å². The van der Waals surface area contributed by atoms with Crippen LogP contribution in [0.5, 0.6) is 0 Å². The maximum Gasteiger partial charge on any atom is 0.240 e. The molecular weight excluding hydrogens is 272 g/mol. The van der Waals surface area contributed by atoms with Crippen LogP contribution < -0.4 is 10.0 Å². The van der Waals surface area contributed by atoms with Gasteiger partial charge in [0.15, 0.2) is 0 Å². The largest absolute Gasteiger partial charge is 0.310 e. The quantitative estimate of drug-likeness (QED) is 0.812. The summed E-state index contributed by atoms with van der Waals surface area (Å²) >= 11 is 0. The number of nitrogens with one attached hydrogen (secondary N) is 2. The molecule has 1 aromatic carbocycles. The Labute approximate surface area is 122 Å². The lowest BCUT2D eigenvalue weighted by Gasteiger charge is -2.16. The van der Waals surface area contributed by atoms with E-state index in [4.69, 9.17) is 0 Å². The summed E-state index contributed by atoms with van der Waals surface area (Å²) in [4.78, 5) is 0.354. The highest BCUT2D eigenvalue weighted by molar-refractivity contribution is 7.89. The molecule has 2 unspecified atom stereocenters. The molecule has 0 aliphatic heterocycles. The van der Waals surface area contributed by atoms with E-state index < -0.39 is 10.0 Å². The second kappa shape index (κ2) is 6.24. The van der Waals surface area contributed by atoms with Crippen molar-refractivity contribution in [2.24, 2.45) is 5.92 Å². The molecule has 1 aromatic rings. The Hall–Kier alpha value is -0.910. The van der Waals surface area contributed by atoms with Crippen LogP contribution in [0.4, 0.5) is 0 Å². The average molecular weight is 296 g/mol. The predicted molar refractivity (Wildman–Crippen MR) is 81.0 cm³/mol. The van der Waals surface area contributed by atoms with Gasteiger partial charge in [-0.1, -0.05) is 19.1 Å². The molecule has 1 aliphatic carbocycles. The fourth-order valence-electron chi connectivity index (χ4n) is 2.38. The SMILES string of the molecule is CCNC(C)c1cccc(S(=O)(=O)NC(C)C2CC2)c1. The van der Waals surface area contributed by atoms with Crippen molar-refractivity contribution in [2.75, 3.05) is 6.54 Å². The number of benzene rings is 1. The average Bonchev–Trinajstić information content (AvgIpc) is 3.23. The highest BCUT2D eigenvalue weighted by atomic mass is 32.2. The number of hydrogen-bond acceptors (Lipinski definition) is 3. The van der Waals surface area contributed by atoms with Crippen LogP contribution in [-0.4, -0.2) is 21.0 Å². The lowest BCUT2D eigenvalue weighted by Crippen LogP contribution is -2.34. The minimum atomic E-state index is -3.41. The van der Waals surface area contributed by atoms with Crippen LogP contribution in [0.3, 0.4) is 0 Å². The molecule has 0 heterocycles. The Morgan fingerprint density at radius 1 is 1.30 bits per heavy atom. The maximum atomic E-state index is 12.4. The van der Waals surface area contributed by atoms with Crippen molar-refractivity contribution in [1.29, 1.82) is 0 Å². The van der Waals surface area contributed by atoms with Crippen molar-refractivity contribution in [3.8, 4) is 0 Å². The standard InChI is InChI=1S/C15H24N2O2S/c1-4-16-11(2)14-6-5-7-15(10-14)20(18,19)17-12(3)13-8-9-13/h5-7,10-13,16-17H,4,8-9H2,1-3H3. The molecule has 0 aromatic heterocycles. The van der Waals surface area contributed by atoms with Gasteiger partial charge in [-0.2, -0.15) is 0 Å². The molecule has 1 saturated carbocycles. The van der Waals surface area contributed by atoms with E-state index in [0.717, 1.165) is 24.9 Å². The Morgan fingerprint density at radius 3 is 2.60 bits per heavy atom. The molecule has 0 amide bonds. The highest BCUT2D eigenvalue weighted by Gasteiger charge is 2.31. The predicted octanol–water partition coefficient (Wildman–Crippen LogP) is 2.43. The monoisotopic (exact) mass is 296 g/mol. The molecule has 2 atom stereocenters. The Balaban J connectivity index is 2.16. The van der Waals surface area contributed by atoms with E-state index >= 15 is 0 Å². The van der Waals surface area contributed by atoms with E-state index in [0.29, 0.717) is 10.8 Å². The minimum Gasteiger partial charge on any atom is -0.310 e. The summed E-state index contributed by atoms with van der Waals surface area (Å²) in [7, 11) is -3.41. The summed E-state index contributed by atoms with van der Waals surface area (Å²) in [5.41, 5.74) is 0.994. The van der Waals surface area contributed by atoms with E-state index in [2.05, 4.69) is 10.0 Å². The molecule has 112 valence electrons. The van der Waals surface area contributed by atoms with Gasteiger partial charge in [-0.25, -0.2) is 13.1 Å². The Morgan fingerprint density at radius 2 is 2.00 bits per heavy atom. The number of sulfonamides is 1. The van der Waals surface area contributed by atoms with Gasteiger partial charge in [0, 0.05) is 12.1 Å². The number of hydrogen-bond donors (Lipinski definition) is 2. The van der Waals surface area contributed by atoms with E-state index in [-0.39, 0.29) is 12.1 Å². The topological polar surface area (TPSA) is 58.2 Å². The van der Waals surface area contributed by atoms with Crippen molar-refractivity contribution in [3.63, 3.8) is 0 Å². The molecule has 0 saturated heterocycles. The van der Waals surface area contributed by atoms with E-state index in [1.165, 1.54) is 0 Å². The Bertz CT molecular complexity index is 553. The lowest BCUT2D eigenvalue weighted by atomic mass is 10.1. The molecule has 0 radical (unpaired) electrons. The summed E-state index contributed by atoms with van der Waals surface area (Å²) in [5.74, 6) is 0.508. The van der Waals surface area contributed by atoms with Crippen LogP contribution in [0.1, 0.15) is 45.2 Å². The van der Waals surface area contributed by atoms with Crippen molar-refractivity contribution in [3.05, 3.63) is 29.8 Å². The molecule has 2 rings (SSSR count). The third-order valence-corrected chi connectivity index (χ3v) is 5.41. The van der Waals surface area contributed by atoms with Crippen molar-refractivity contribution in [2.45, 2.75) is 50.6 Å². The first-order valence-electron chi connectivity index (χ1n) is 7.29. The van der Waals surface area contributed by atoms with Gasteiger partial charge in [-0.15, -0.1) is 0 Å². The fourth-order valence-corrected chi connectivity index (χ4v) is 3.75. The summed E-state index contributed by atoms with van der Waals surface area (Å²) in [5, 5.41) is 3.29. The first-order valence-corrected chi connectivity index (χ1v) is 8.78. The molecule has 1 fully saturated rings. The van der Waals surface area contributed by atoms with Gasteiger partial charge in [0.2, 0.25) is 10.0 Å².